The van der Waals surface area contributed by atoms with Crippen molar-refractivity contribution < 1.29 is 4.79 Å². The van der Waals surface area contributed by atoms with Crippen LogP contribution < -0.4 is 5.32 Å². The molecule has 0 aliphatic carbocycles. The van der Waals surface area contributed by atoms with Gasteiger partial charge in [-0.15, -0.1) is 0 Å². The molecule has 0 fully saturated rings. The fourth-order valence-corrected chi connectivity index (χ4v) is 1.89. The van der Waals surface area contributed by atoms with Crippen LogP contribution in [0.4, 0.5) is 5.69 Å². The van der Waals surface area contributed by atoms with Gasteiger partial charge in [0.05, 0.1) is 0 Å². The Bertz CT molecular complexity index is 620. The highest BCUT2D eigenvalue weighted by Crippen LogP contribution is 2.15. The average molecular weight is 272 g/mol. The maximum absolute atomic E-state index is 11.7. The fourth-order valence-electron chi connectivity index (χ4n) is 1.70. The fraction of sp³-hybridized carbons (Fsp3) is 0.0625. The van der Waals surface area contributed by atoms with Crippen LogP contribution in [0.15, 0.2) is 54.6 Å². The number of rotatable bonds is 3. The zero-order valence-electron chi connectivity index (χ0n) is 10.6. The first-order chi connectivity index (χ1) is 9.13. The van der Waals surface area contributed by atoms with E-state index in [1.54, 1.807) is 30.3 Å². The van der Waals surface area contributed by atoms with Crippen LogP contribution in [0.3, 0.4) is 0 Å². The van der Waals surface area contributed by atoms with Crippen molar-refractivity contribution in [2.24, 2.45) is 0 Å². The Balaban J connectivity index is 2.01. The highest BCUT2D eigenvalue weighted by molar-refractivity contribution is 6.30. The normalized spacial score (nSPS) is 10.6. The Morgan fingerprint density at radius 2 is 1.95 bits per heavy atom. The van der Waals surface area contributed by atoms with Gasteiger partial charge in [0.15, 0.2) is 0 Å². The smallest absolute Gasteiger partial charge is 0.248 e. The molecular formula is C16H14ClNO. The van der Waals surface area contributed by atoms with Gasteiger partial charge in [-0.2, -0.15) is 0 Å². The van der Waals surface area contributed by atoms with Gasteiger partial charge in [0, 0.05) is 16.8 Å². The second-order valence-corrected chi connectivity index (χ2v) is 4.68. The van der Waals surface area contributed by atoms with Crippen molar-refractivity contribution in [3.8, 4) is 0 Å². The molecule has 96 valence electrons. The van der Waals surface area contributed by atoms with Crippen LogP contribution in [-0.4, -0.2) is 5.91 Å². The van der Waals surface area contributed by atoms with Crippen molar-refractivity contribution in [1.82, 2.24) is 0 Å². The number of benzene rings is 2. The van der Waals surface area contributed by atoms with Gasteiger partial charge in [-0.25, -0.2) is 0 Å². The lowest BCUT2D eigenvalue weighted by Gasteiger charge is -2.02. The molecule has 2 nitrogen and oxygen atoms in total. The SMILES string of the molecule is Cc1cccc(/C=C/C(=O)Nc2cccc(Cl)c2)c1. The van der Waals surface area contributed by atoms with Gasteiger partial charge in [-0.3, -0.25) is 4.79 Å². The molecule has 19 heavy (non-hydrogen) atoms. The predicted molar refractivity (Wildman–Crippen MR) is 80.3 cm³/mol. The quantitative estimate of drug-likeness (QED) is 0.829. The minimum absolute atomic E-state index is 0.177. The molecule has 0 bridgehead atoms. The molecule has 0 spiro atoms. The van der Waals surface area contributed by atoms with Gasteiger partial charge >= 0.3 is 0 Å². The predicted octanol–water partition coefficient (Wildman–Crippen LogP) is 4.30. The summed E-state index contributed by atoms with van der Waals surface area (Å²) in [6.45, 7) is 2.02. The Labute approximate surface area is 117 Å². The van der Waals surface area contributed by atoms with E-state index in [0.29, 0.717) is 10.7 Å². The summed E-state index contributed by atoms with van der Waals surface area (Å²) in [7, 11) is 0. The van der Waals surface area contributed by atoms with Gasteiger partial charge < -0.3 is 5.32 Å². The zero-order valence-corrected chi connectivity index (χ0v) is 11.3. The van der Waals surface area contributed by atoms with Gasteiger partial charge in [0.2, 0.25) is 5.91 Å². The number of anilines is 1. The minimum Gasteiger partial charge on any atom is -0.322 e. The molecule has 0 saturated carbocycles. The minimum atomic E-state index is -0.177. The summed E-state index contributed by atoms with van der Waals surface area (Å²) in [5.41, 5.74) is 2.85. The van der Waals surface area contributed by atoms with Crippen LogP contribution in [-0.2, 0) is 4.79 Å². The van der Waals surface area contributed by atoms with E-state index in [2.05, 4.69) is 5.32 Å². The number of carbonyl (C=O) groups excluding carboxylic acids is 1. The molecule has 2 aromatic carbocycles. The molecule has 0 atom stereocenters. The molecule has 0 aromatic heterocycles. The van der Waals surface area contributed by atoms with Crippen molar-refractivity contribution in [2.45, 2.75) is 6.92 Å². The number of nitrogens with one attached hydrogen (secondary N) is 1. The Hall–Kier alpha value is -2.06. The van der Waals surface area contributed by atoms with Crippen molar-refractivity contribution in [2.75, 3.05) is 5.32 Å². The molecule has 3 heteroatoms. The summed E-state index contributed by atoms with van der Waals surface area (Å²) >= 11 is 5.85. The number of hydrogen-bond acceptors (Lipinski definition) is 1. The van der Waals surface area contributed by atoms with Crippen molar-refractivity contribution in [1.29, 1.82) is 0 Å². The van der Waals surface area contributed by atoms with Crippen molar-refractivity contribution in [3.05, 3.63) is 70.8 Å². The van der Waals surface area contributed by atoms with Gasteiger partial charge in [0.1, 0.15) is 0 Å². The standard InChI is InChI=1S/C16H14ClNO/c1-12-4-2-5-13(10-12)8-9-16(19)18-15-7-3-6-14(17)11-15/h2-11H,1H3,(H,18,19)/b9-8+. The third-order valence-electron chi connectivity index (χ3n) is 2.56. The van der Waals surface area contributed by atoms with E-state index in [-0.39, 0.29) is 5.91 Å². The Kier molecular flexibility index (Phi) is 4.37. The lowest BCUT2D eigenvalue weighted by atomic mass is 10.1. The number of hydrogen-bond donors (Lipinski definition) is 1. The van der Waals surface area contributed by atoms with E-state index in [1.165, 1.54) is 6.08 Å². The maximum Gasteiger partial charge on any atom is 0.248 e. The second kappa shape index (κ2) is 6.21. The van der Waals surface area contributed by atoms with E-state index in [0.717, 1.165) is 11.1 Å². The lowest BCUT2D eigenvalue weighted by Crippen LogP contribution is -2.07. The molecule has 0 saturated heterocycles. The number of aryl methyl sites for hydroxylation is 1. The van der Waals surface area contributed by atoms with Crippen LogP contribution in [0.5, 0.6) is 0 Å². The van der Waals surface area contributed by atoms with Crippen LogP contribution in [0.1, 0.15) is 11.1 Å². The van der Waals surface area contributed by atoms with Crippen molar-refractivity contribution in [3.63, 3.8) is 0 Å². The first-order valence-electron chi connectivity index (χ1n) is 5.95. The van der Waals surface area contributed by atoms with E-state index >= 15 is 0 Å². The summed E-state index contributed by atoms with van der Waals surface area (Å²) in [4.78, 5) is 11.7. The first-order valence-corrected chi connectivity index (χ1v) is 6.32. The Morgan fingerprint density at radius 3 is 2.68 bits per heavy atom. The van der Waals surface area contributed by atoms with Crippen LogP contribution >= 0.6 is 11.6 Å². The number of carbonyl (C=O) groups is 1. The van der Waals surface area contributed by atoms with Crippen LogP contribution in [0.25, 0.3) is 6.08 Å². The summed E-state index contributed by atoms with van der Waals surface area (Å²) in [5.74, 6) is -0.177. The summed E-state index contributed by atoms with van der Waals surface area (Å²) in [5, 5.41) is 3.36. The monoisotopic (exact) mass is 271 g/mol. The van der Waals surface area contributed by atoms with Crippen LogP contribution in [0.2, 0.25) is 5.02 Å². The van der Waals surface area contributed by atoms with E-state index in [1.807, 2.05) is 31.2 Å². The van der Waals surface area contributed by atoms with Gasteiger partial charge in [-0.05, 0) is 36.8 Å². The zero-order chi connectivity index (χ0) is 13.7. The van der Waals surface area contributed by atoms with E-state index in [9.17, 15) is 4.79 Å². The lowest BCUT2D eigenvalue weighted by molar-refractivity contribution is -0.111. The molecule has 1 amide bonds. The second-order valence-electron chi connectivity index (χ2n) is 4.25. The molecular weight excluding hydrogens is 258 g/mol. The van der Waals surface area contributed by atoms with Crippen LogP contribution in [0, 0.1) is 6.92 Å². The highest BCUT2D eigenvalue weighted by atomic mass is 35.5. The topological polar surface area (TPSA) is 29.1 Å². The number of halogens is 1. The maximum atomic E-state index is 11.7. The van der Waals surface area contributed by atoms with E-state index in [4.69, 9.17) is 11.6 Å². The molecule has 0 radical (unpaired) electrons. The molecule has 0 unspecified atom stereocenters. The van der Waals surface area contributed by atoms with E-state index < -0.39 is 0 Å². The van der Waals surface area contributed by atoms with Gasteiger partial charge in [0.25, 0.3) is 0 Å². The first kappa shape index (κ1) is 13.4. The summed E-state index contributed by atoms with van der Waals surface area (Å²) in [6, 6.07) is 15.0. The summed E-state index contributed by atoms with van der Waals surface area (Å²) < 4.78 is 0. The molecule has 0 heterocycles. The molecule has 1 N–H and O–H groups in total. The summed E-state index contributed by atoms with van der Waals surface area (Å²) in [6.07, 6.45) is 3.29. The third kappa shape index (κ3) is 4.27. The average Bonchev–Trinajstić information content (AvgIpc) is 2.36. The molecule has 2 rings (SSSR count). The Morgan fingerprint density at radius 1 is 1.16 bits per heavy atom. The molecule has 0 aliphatic heterocycles. The van der Waals surface area contributed by atoms with Crippen molar-refractivity contribution >= 4 is 29.3 Å². The third-order valence-corrected chi connectivity index (χ3v) is 2.80. The highest BCUT2D eigenvalue weighted by Gasteiger charge is 1.98. The number of amides is 1. The largest absolute Gasteiger partial charge is 0.322 e. The molecule has 2 aromatic rings. The van der Waals surface area contributed by atoms with Gasteiger partial charge in [-0.1, -0.05) is 47.5 Å². The molecule has 0 aliphatic rings.